The minimum absolute atomic E-state index is 0.885. The van der Waals surface area contributed by atoms with Crippen molar-refractivity contribution in [2.45, 2.75) is 6.42 Å². The Labute approximate surface area is 376 Å². The molecule has 1 nitrogen and oxygen atoms in total. The second-order valence-electron chi connectivity index (χ2n) is 16.6. The quantitative estimate of drug-likeness (QED) is 0.115. The highest BCUT2D eigenvalue weighted by atomic mass is 32.1. The lowest BCUT2D eigenvalue weighted by atomic mass is 9.82. The minimum Gasteiger partial charge on any atom is -0.236 e. The van der Waals surface area contributed by atoms with Gasteiger partial charge in [0.2, 0.25) is 0 Å². The van der Waals surface area contributed by atoms with Crippen molar-refractivity contribution < 1.29 is 0 Å². The SMILES string of the molecule is C=C/C=C(\C=C1\C=CC=CC1)c1c2ccccc2c(-c2ccc3ccccc3c2)c2ccc(-c3c4ccccc4c(-c4ccc(-c5nc6ccccc6s5)cc4)c4ccccc34)cc12. The van der Waals surface area contributed by atoms with E-state index >= 15 is 0 Å². The van der Waals surface area contributed by atoms with Gasteiger partial charge in [0.15, 0.2) is 0 Å². The molecule has 11 aromatic rings. The fourth-order valence-electron chi connectivity index (χ4n) is 9.99. The van der Waals surface area contributed by atoms with E-state index in [1.54, 1.807) is 11.3 Å². The first kappa shape index (κ1) is 37.8. The van der Waals surface area contributed by atoms with Crippen LogP contribution >= 0.6 is 11.3 Å². The maximum atomic E-state index is 4.96. The predicted octanol–water partition coefficient (Wildman–Crippen LogP) is 17.7. The minimum atomic E-state index is 0.885. The first-order valence-electron chi connectivity index (χ1n) is 21.9. The summed E-state index contributed by atoms with van der Waals surface area (Å²) in [4.78, 5) is 4.96. The van der Waals surface area contributed by atoms with Crippen LogP contribution in [0.3, 0.4) is 0 Å². The van der Waals surface area contributed by atoms with Crippen LogP contribution in [0.1, 0.15) is 12.0 Å². The largest absolute Gasteiger partial charge is 0.236 e. The molecule has 0 saturated heterocycles. The van der Waals surface area contributed by atoms with Crippen molar-refractivity contribution in [3.63, 3.8) is 0 Å². The van der Waals surface area contributed by atoms with Crippen molar-refractivity contribution >= 4 is 81.0 Å². The number of hydrogen-bond acceptors (Lipinski definition) is 2. The van der Waals surface area contributed by atoms with Gasteiger partial charge < -0.3 is 0 Å². The summed E-state index contributed by atoms with van der Waals surface area (Å²) in [7, 11) is 0. The molecule has 1 aliphatic carbocycles. The maximum absolute atomic E-state index is 4.96. The van der Waals surface area contributed by atoms with Gasteiger partial charge in [-0.3, -0.25) is 0 Å². The standard InChI is InChI=1S/C62H41NS/c1-2-16-45(37-40-17-4-3-5-18-40)61-53-26-13-12-25-52(53)59(46-34-29-41-19-6-7-20-44(41)38-46)54-36-35-47(39-55(54)61)60-50-23-10-8-21-48(50)58(49-22-9-11-24-51(49)60)42-30-32-43(33-31-42)62-63-56-27-14-15-28-57(56)64-62/h2-17,19-39H,1,18H2/b40-37-,45-16+. The molecule has 0 atom stereocenters. The van der Waals surface area contributed by atoms with Crippen LogP contribution in [0, 0.1) is 0 Å². The molecule has 1 aromatic heterocycles. The molecule has 64 heavy (non-hydrogen) atoms. The number of allylic oxidation sites excluding steroid dienone is 9. The zero-order chi connectivity index (χ0) is 42.6. The van der Waals surface area contributed by atoms with Crippen molar-refractivity contribution in [2.24, 2.45) is 0 Å². The number of rotatable bonds is 7. The number of thiazole rings is 1. The van der Waals surface area contributed by atoms with Gasteiger partial charge in [0.05, 0.1) is 10.2 Å². The van der Waals surface area contributed by atoms with Gasteiger partial charge in [-0.2, -0.15) is 0 Å². The van der Waals surface area contributed by atoms with Gasteiger partial charge in [0.25, 0.3) is 0 Å². The highest BCUT2D eigenvalue weighted by molar-refractivity contribution is 7.21. The second kappa shape index (κ2) is 15.8. The van der Waals surface area contributed by atoms with Gasteiger partial charge in [-0.05, 0) is 135 Å². The molecular weight excluding hydrogens is 791 g/mol. The average molecular weight is 832 g/mol. The molecule has 0 radical (unpaired) electrons. The van der Waals surface area contributed by atoms with Crippen molar-refractivity contribution in [1.29, 1.82) is 0 Å². The average Bonchev–Trinajstić information content (AvgIpc) is 3.80. The molecule has 0 N–H and O–H groups in total. The molecule has 12 rings (SSSR count). The first-order valence-corrected chi connectivity index (χ1v) is 22.8. The van der Waals surface area contributed by atoms with Crippen LogP contribution in [0.15, 0.2) is 237 Å². The summed E-state index contributed by atoms with van der Waals surface area (Å²) in [6, 6.07) is 67.0. The van der Waals surface area contributed by atoms with E-state index < -0.39 is 0 Å². The molecule has 0 aliphatic heterocycles. The van der Waals surface area contributed by atoms with Gasteiger partial charge in [-0.15, -0.1) is 11.3 Å². The van der Waals surface area contributed by atoms with E-state index in [2.05, 4.69) is 225 Å². The maximum Gasteiger partial charge on any atom is 0.124 e. The van der Waals surface area contributed by atoms with Crippen LogP contribution in [-0.4, -0.2) is 4.98 Å². The van der Waals surface area contributed by atoms with Crippen LogP contribution in [0.25, 0.3) is 114 Å². The third-order valence-corrected chi connectivity index (χ3v) is 13.9. The van der Waals surface area contributed by atoms with Gasteiger partial charge in [0, 0.05) is 5.56 Å². The van der Waals surface area contributed by atoms with Crippen LogP contribution in [0.5, 0.6) is 0 Å². The third kappa shape index (κ3) is 6.42. The summed E-state index contributed by atoms with van der Waals surface area (Å²) in [5.74, 6) is 0. The van der Waals surface area contributed by atoms with E-state index in [4.69, 9.17) is 4.98 Å². The topological polar surface area (TPSA) is 12.9 Å². The van der Waals surface area contributed by atoms with E-state index in [0.717, 1.165) is 28.1 Å². The molecule has 0 spiro atoms. The number of aromatic nitrogens is 1. The highest BCUT2D eigenvalue weighted by Gasteiger charge is 2.21. The van der Waals surface area contributed by atoms with Gasteiger partial charge in [0.1, 0.15) is 5.01 Å². The molecular formula is C62H41NS. The first-order chi connectivity index (χ1) is 31.7. The molecule has 2 heteroatoms. The molecule has 0 fully saturated rings. The van der Waals surface area contributed by atoms with Crippen LogP contribution in [-0.2, 0) is 0 Å². The third-order valence-electron chi connectivity index (χ3n) is 12.8. The van der Waals surface area contributed by atoms with Crippen LogP contribution in [0.4, 0.5) is 0 Å². The fraction of sp³-hybridized carbons (Fsp3) is 0.0161. The zero-order valence-corrected chi connectivity index (χ0v) is 35.9. The van der Waals surface area contributed by atoms with Gasteiger partial charge >= 0.3 is 0 Å². The summed E-state index contributed by atoms with van der Waals surface area (Å²) >= 11 is 1.74. The van der Waals surface area contributed by atoms with E-state index in [0.29, 0.717) is 0 Å². The summed E-state index contributed by atoms with van der Waals surface area (Å²) in [6.45, 7) is 4.23. The monoisotopic (exact) mass is 831 g/mol. The fourth-order valence-corrected chi connectivity index (χ4v) is 11.0. The molecule has 10 aromatic carbocycles. The van der Waals surface area contributed by atoms with E-state index in [1.165, 1.54) is 103 Å². The molecule has 0 unspecified atom stereocenters. The molecule has 0 bridgehead atoms. The lowest BCUT2D eigenvalue weighted by molar-refractivity contribution is 1.27. The van der Waals surface area contributed by atoms with Crippen LogP contribution < -0.4 is 0 Å². The van der Waals surface area contributed by atoms with Gasteiger partial charge in [-0.1, -0.05) is 207 Å². The smallest absolute Gasteiger partial charge is 0.124 e. The van der Waals surface area contributed by atoms with Gasteiger partial charge in [-0.25, -0.2) is 4.98 Å². The van der Waals surface area contributed by atoms with E-state index in [-0.39, 0.29) is 0 Å². The summed E-state index contributed by atoms with van der Waals surface area (Å²) in [5.41, 5.74) is 13.1. The predicted molar refractivity (Wildman–Crippen MR) is 278 cm³/mol. The Bertz CT molecular complexity index is 3730. The molecule has 300 valence electrons. The number of fused-ring (bicyclic) bond motifs is 6. The summed E-state index contributed by atoms with van der Waals surface area (Å²) < 4.78 is 1.21. The Morgan fingerprint density at radius 3 is 1.70 bits per heavy atom. The Kier molecular flexibility index (Phi) is 9.32. The Morgan fingerprint density at radius 1 is 0.484 bits per heavy atom. The zero-order valence-electron chi connectivity index (χ0n) is 35.1. The number of benzene rings is 10. The molecule has 1 heterocycles. The van der Waals surface area contributed by atoms with E-state index in [9.17, 15) is 0 Å². The van der Waals surface area contributed by atoms with Crippen molar-refractivity contribution in [2.75, 3.05) is 0 Å². The second-order valence-corrected chi connectivity index (χ2v) is 17.6. The number of hydrogen-bond donors (Lipinski definition) is 0. The Morgan fingerprint density at radius 2 is 1.03 bits per heavy atom. The number of para-hydroxylation sites is 1. The Balaban J connectivity index is 1.12. The number of nitrogens with zero attached hydrogens (tertiary/aromatic N) is 1. The Hall–Kier alpha value is -7.91. The summed E-state index contributed by atoms with van der Waals surface area (Å²) in [5, 5.41) is 13.3. The van der Waals surface area contributed by atoms with Crippen molar-refractivity contribution in [1.82, 2.24) is 4.98 Å². The van der Waals surface area contributed by atoms with Crippen LogP contribution in [0.2, 0.25) is 0 Å². The van der Waals surface area contributed by atoms with E-state index in [1.807, 2.05) is 6.08 Å². The molecule has 1 aliphatic rings. The molecule has 0 saturated carbocycles. The van der Waals surface area contributed by atoms with Crippen molar-refractivity contribution in [3.05, 3.63) is 242 Å². The lowest BCUT2D eigenvalue weighted by Crippen LogP contribution is -1.96. The normalized spacial score (nSPS) is 13.6. The summed E-state index contributed by atoms with van der Waals surface area (Å²) in [6.07, 6.45) is 16.1. The lowest BCUT2D eigenvalue weighted by Gasteiger charge is -2.21. The van der Waals surface area contributed by atoms with Crippen molar-refractivity contribution in [3.8, 4) is 44.0 Å². The highest BCUT2D eigenvalue weighted by Crippen LogP contribution is 2.48. The molecule has 0 amide bonds.